The highest BCUT2D eigenvalue weighted by atomic mass is 16.7. The number of nitrogens with one attached hydrogen (secondary N) is 3. The molecule has 59 heavy (non-hydrogen) atoms. The largest absolute Gasteiger partial charge is 0.392 e. The highest BCUT2D eigenvalue weighted by molar-refractivity contribution is 5.93. The Hall–Kier alpha value is -4.74. The molecule has 1 spiro atoms. The molecule has 3 atom stereocenters. The smallest absolute Gasteiger partial charge is 0.315 e. The molecule has 0 radical (unpaired) electrons. The molecule has 3 amide bonds. The summed E-state index contributed by atoms with van der Waals surface area (Å²) in [5.41, 5.74) is 6.57. The van der Waals surface area contributed by atoms with Crippen LogP contribution in [-0.4, -0.2) is 65.4 Å². The van der Waals surface area contributed by atoms with Crippen LogP contribution in [0.1, 0.15) is 92.4 Å². The minimum Gasteiger partial charge on any atom is -0.392 e. The number of carbonyl (C=O) groups is 2. The molecule has 4 bridgehead atoms. The van der Waals surface area contributed by atoms with Crippen molar-refractivity contribution in [1.82, 2.24) is 20.9 Å². The number of para-hydroxylation sites is 1. The van der Waals surface area contributed by atoms with E-state index in [1.165, 1.54) is 19.3 Å². The number of piperidine rings is 1. The third-order valence-corrected chi connectivity index (χ3v) is 14.5. The van der Waals surface area contributed by atoms with Crippen LogP contribution in [-0.2, 0) is 27.4 Å². The van der Waals surface area contributed by atoms with Gasteiger partial charge in [0.1, 0.15) is 5.54 Å². The van der Waals surface area contributed by atoms with Gasteiger partial charge >= 0.3 is 6.03 Å². The second kappa shape index (κ2) is 16.0. The van der Waals surface area contributed by atoms with Crippen molar-refractivity contribution >= 4 is 17.6 Å². The number of hydrogen-bond donors (Lipinski definition) is 4. The summed E-state index contributed by atoms with van der Waals surface area (Å²) in [5.74, 6) is 2.47. The number of aliphatic hydroxyl groups is 1. The Morgan fingerprint density at radius 1 is 0.763 bits per heavy atom. The molecule has 4 saturated carbocycles. The lowest BCUT2D eigenvalue weighted by molar-refractivity contribution is -0.253. The van der Waals surface area contributed by atoms with Crippen LogP contribution in [0.5, 0.6) is 0 Å². The average Bonchev–Trinajstić information content (AvgIpc) is 3.57. The number of likely N-dealkylation sites (tertiary alicyclic amines) is 1. The third-order valence-electron chi connectivity index (χ3n) is 14.5. The highest BCUT2D eigenvalue weighted by Gasteiger charge is 2.52. The number of hydrogen-bond acceptors (Lipinski definition) is 7. The average molecular weight is 796 g/mol. The molecule has 11 rings (SSSR count). The van der Waals surface area contributed by atoms with E-state index in [9.17, 15) is 14.7 Å². The summed E-state index contributed by atoms with van der Waals surface area (Å²) in [4.78, 5) is 31.3. The quantitative estimate of drug-likeness (QED) is 0.131. The molecule has 4 aromatic rings. The Balaban J connectivity index is 0.821. The van der Waals surface area contributed by atoms with E-state index in [0.717, 1.165) is 109 Å². The Morgan fingerprint density at radius 3 is 2.17 bits per heavy atom. The minimum absolute atomic E-state index is 0.00453. The lowest BCUT2D eigenvalue weighted by atomic mass is 9.53. The molecule has 3 aliphatic heterocycles. The van der Waals surface area contributed by atoms with Crippen molar-refractivity contribution < 1.29 is 24.2 Å². The van der Waals surface area contributed by atoms with Crippen LogP contribution in [0.4, 0.5) is 10.5 Å². The van der Waals surface area contributed by atoms with Gasteiger partial charge in [0.25, 0.3) is 0 Å². The Kier molecular flexibility index (Phi) is 10.4. The van der Waals surface area contributed by atoms with E-state index in [-0.39, 0.29) is 36.3 Å². The number of anilines is 1. The number of amides is 3. The van der Waals surface area contributed by atoms with Crippen LogP contribution in [0.15, 0.2) is 103 Å². The molecule has 0 unspecified atom stereocenters. The van der Waals surface area contributed by atoms with Crippen molar-refractivity contribution in [3.8, 4) is 11.1 Å². The van der Waals surface area contributed by atoms with E-state index >= 15 is 0 Å². The molecule has 10 heteroatoms. The second-order valence-electron chi connectivity index (χ2n) is 18.4. The van der Waals surface area contributed by atoms with Crippen LogP contribution >= 0.6 is 0 Å². The molecule has 4 N–H and O–H groups in total. The predicted molar refractivity (Wildman–Crippen MR) is 227 cm³/mol. The summed E-state index contributed by atoms with van der Waals surface area (Å²) in [6.07, 6.45) is 8.77. The van der Waals surface area contributed by atoms with Gasteiger partial charge in [-0.2, -0.15) is 0 Å². The van der Waals surface area contributed by atoms with Crippen LogP contribution < -0.4 is 20.9 Å². The first-order chi connectivity index (χ1) is 28.8. The van der Waals surface area contributed by atoms with Crippen molar-refractivity contribution in [1.29, 1.82) is 0 Å². The SMILES string of the molecule is O=C(NCc1cccc(-c2cccc([C@H]3O[C@@H](CN4CCC5(CC4)C(=O)NCN5c4ccccc4)C[C@@H](c4ccc(CO)cc4)O3)c2)c1)NC12CC3CC(CC(C3)C1)C2. The van der Waals surface area contributed by atoms with Gasteiger partial charge < -0.3 is 40.3 Å². The van der Waals surface area contributed by atoms with Crippen molar-refractivity contribution in [2.24, 2.45) is 17.8 Å². The molecular formula is C49H57N5O5. The van der Waals surface area contributed by atoms with Gasteiger partial charge in [-0.1, -0.05) is 78.9 Å². The zero-order chi connectivity index (χ0) is 40.0. The fourth-order valence-electron chi connectivity index (χ4n) is 11.9. The molecule has 4 aromatic carbocycles. The van der Waals surface area contributed by atoms with Gasteiger partial charge in [0, 0.05) is 49.4 Å². The minimum atomic E-state index is -0.584. The number of rotatable bonds is 10. The third kappa shape index (κ3) is 7.88. The molecule has 3 saturated heterocycles. The first-order valence-corrected chi connectivity index (χ1v) is 21.9. The van der Waals surface area contributed by atoms with Gasteiger partial charge in [-0.25, -0.2) is 4.79 Å². The Morgan fingerprint density at radius 2 is 1.46 bits per heavy atom. The van der Waals surface area contributed by atoms with Crippen LogP contribution in [0.2, 0.25) is 0 Å². The number of ether oxygens (including phenoxy) is 2. The van der Waals surface area contributed by atoms with E-state index in [4.69, 9.17) is 9.47 Å². The summed E-state index contributed by atoms with van der Waals surface area (Å²) < 4.78 is 13.6. The molecule has 0 aromatic heterocycles. The maximum Gasteiger partial charge on any atom is 0.315 e. The van der Waals surface area contributed by atoms with Crippen molar-refractivity contribution in [3.05, 3.63) is 125 Å². The summed E-state index contributed by atoms with van der Waals surface area (Å²) >= 11 is 0. The number of urea groups is 1. The van der Waals surface area contributed by atoms with Gasteiger partial charge in [0.2, 0.25) is 5.91 Å². The molecule has 3 heterocycles. The van der Waals surface area contributed by atoms with E-state index < -0.39 is 11.8 Å². The van der Waals surface area contributed by atoms with Gasteiger partial charge in [-0.3, -0.25) is 4.79 Å². The normalized spacial score (nSPS) is 29.7. The van der Waals surface area contributed by atoms with Crippen LogP contribution in [0.25, 0.3) is 11.1 Å². The zero-order valence-electron chi connectivity index (χ0n) is 33.9. The van der Waals surface area contributed by atoms with Gasteiger partial charge in [-0.05, 0) is 121 Å². The first-order valence-electron chi connectivity index (χ1n) is 21.9. The summed E-state index contributed by atoms with van der Waals surface area (Å²) in [6, 6.07) is 35.0. The predicted octanol–water partition coefficient (Wildman–Crippen LogP) is 7.59. The van der Waals surface area contributed by atoms with Gasteiger partial charge in [0.05, 0.1) is 25.5 Å². The maximum atomic E-state index is 13.3. The molecular weight excluding hydrogens is 739 g/mol. The van der Waals surface area contributed by atoms with E-state index in [0.29, 0.717) is 19.6 Å². The van der Waals surface area contributed by atoms with E-state index in [1.54, 1.807) is 0 Å². The number of carbonyl (C=O) groups excluding carboxylic acids is 2. The Bertz CT molecular complexity index is 2100. The fraction of sp³-hybridized carbons (Fsp3) is 0.469. The van der Waals surface area contributed by atoms with Gasteiger partial charge in [-0.15, -0.1) is 0 Å². The summed E-state index contributed by atoms with van der Waals surface area (Å²) in [6.45, 7) is 3.31. The lowest BCUT2D eigenvalue weighted by Crippen LogP contribution is -2.61. The van der Waals surface area contributed by atoms with Crippen molar-refractivity contribution in [2.75, 3.05) is 31.2 Å². The van der Waals surface area contributed by atoms with Crippen molar-refractivity contribution in [3.63, 3.8) is 0 Å². The van der Waals surface area contributed by atoms with Crippen LogP contribution in [0.3, 0.4) is 0 Å². The summed E-state index contributed by atoms with van der Waals surface area (Å²) in [7, 11) is 0. The molecule has 308 valence electrons. The second-order valence-corrected chi connectivity index (χ2v) is 18.4. The lowest BCUT2D eigenvalue weighted by Gasteiger charge is -2.56. The summed E-state index contributed by atoms with van der Waals surface area (Å²) in [5, 5.41) is 19.5. The monoisotopic (exact) mass is 795 g/mol. The maximum absolute atomic E-state index is 13.3. The number of aliphatic hydroxyl groups excluding tert-OH is 1. The molecule has 10 nitrogen and oxygen atoms in total. The molecule has 7 aliphatic rings. The molecule has 7 fully saturated rings. The molecule has 4 aliphatic carbocycles. The van der Waals surface area contributed by atoms with E-state index in [2.05, 4.69) is 98.5 Å². The standard InChI is InChI=1S/C49H57N5O5/c55-31-33-12-14-38(15-13-33)44-25-43(30-53-18-16-49(17-19-53)46(56)51-32-54(49)42-10-2-1-3-11-42)58-45(59-44)41-9-5-8-40(24-41)39-7-4-6-34(23-39)29-50-47(57)52-48-26-35-20-36(27-48)22-37(21-35)28-48/h1-15,23-24,35-37,43-45,55H,16-22,25-32H2,(H,51,56)(H2,50,52,57)/t35?,36?,37?,43-,44+,45+,48?/m1/s1. The fourth-order valence-corrected chi connectivity index (χ4v) is 11.9. The number of nitrogens with zero attached hydrogens (tertiary/aromatic N) is 2. The highest BCUT2D eigenvalue weighted by Crippen LogP contribution is 2.55. The zero-order valence-corrected chi connectivity index (χ0v) is 33.9. The van der Waals surface area contributed by atoms with Crippen LogP contribution in [0, 0.1) is 17.8 Å². The van der Waals surface area contributed by atoms with Crippen molar-refractivity contribution in [2.45, 2.75) is 101 Å². The first kappa shape index (κ1) is 38.5. The van der Waals surface area contributed by atoms with E-state index in [1.807, 2.05) is 30.3 Å². The number of benzene rings is 4. The Labute approximate surface area is 347 Å². The topological polar surface area (TPSA) is 115 Å². The van der Waals surface area contributed by atoms with Gasteiger partial charge in [0.15, 0.2) is 6.29 Å².